The number of rotatable bonds is 3. The van der Waals surface area contributed by atoms with E-state index in [1.807, 2.05) is 12.1 Å². The van der Waals surface area contributed by atoms with Crippen LogP contribution in [0.1, 0.15) is 5.56 Å². The highest BCUT2D eigenvalue weighted by molar-refractivity contribution is 5.81. The molecule has 3 aromatic rings. The average molecular weight is 283 g/mol. The van der Waals surface area contributed by atoms with Gasteiger partial charge < -0.3 is 20.0 Å². The first-order valence-electron chi connectivity index (χ1n) is 6.36. The van der Waals surface area contributed by atoms with Crippen LogP contribution in [-0.2, 0) is 6.61 Å². The van der Waals surface area contributed by atoms with Crippen molar-refractivity contribution >= 4 is 16.7 Å². The van der Waals surface area contributed by atoms with E-state index in [0.29, 0.717) is 28.0 Å². The van der Waals surface area contributed by atoms with Gasteiger partial charge in [0.2, 0.25) is 0 Å². The fraction of sp³-hybridized carbons (Fsp3) is 0.0625. The Hall–Kier alpha value is -2.95. The second-order valence-corrected chi connectivity index (χ2v) is 4.60. The SMILES string of the molecule is Nc1ccccc1OCc1cc(=O)oc2cc(O)ccc12. The van der Waals surface area contributed by atoms with Crippen LogP contribution in [0.3, 0.4) is 0 Å². The molecule has 0 aliphatic carbocycles. The molecular weight excluding hydrogens is 270 g/mol. The molecule has 0 aliphatic rings. The fourth-order valence-corrected chi connectivity index (χ4v) is 2.11. The summed E-state index contributed by atoms with van der Waals surface area (Å²) in [5.74, 6) is 0.591. The van der Waals surface area contributed by atoms with Gasteiger partial charge in [0.05, 0.1) is 5.69 Å². The summed E-state index contributed by atoms with van der Waals surface area (Å²) in [6.07, 6.45) is 0. The smallest absolute Gasteiger partial charge is 0.336 e. The average Bonchev–Trinajstić information content (AvgIpc) is 2.45. The van der Waals surface area contributed by atoms with Gasteiger partial charge in [-0.15, -0.1) is 0 Å². The maximum atomic E-state index is 11.6. The zero-order valence-electron chi connectivity index (χ0n) is 11.1. The minimum absolute atomic E-state index is 0.0380. The van der Waals surface area contributed by atoms with E-state index in [4.69, 9.17) is 14.9 Å². The van der Waals surface area contributed by atoms with Crippen molar-refractivity contribution in [3.05, 3.63) is 64.5 Å². The lowest BCUT2D eigenvalue weighted by molar-refractivity contribution is 0.308. The van der Waals surface area contributed by atoms with Crippen LogP contribution in [0.4, 0.5) is 5.69 Å². The molecule has 3 rings (SSSR count). The normalized spacial score (nSPS) is 10.7. The fourth-order valence-electron chi connectivity index (χ4n) is 2.11. The number of aromatic hydroxyl groups is 1. The van der Waals surface area contributed by atoms with Crippen molar-refractivity contribution < 1.29 is 14.3 Å². The number of hydrogen-bond donors (Lipinski definition) is 2. The zero-order valence-corrected chi connectivity index (χ0v) is 11.1. The van der Waals surface area contributed by atoms with Gasteiger partial charge in [0.15, 0.2) is 0 Å². The van der Waals surface area contributed by atoms with E-state index in [2.05, 4.69) is 0 Å². The lowest BCUT2D eigenvalue weighted by atomic mass is 10.1. The number of para-hydroxylation sites is 2. The summed E-state index contributed by atoms with van der Waals surface area (Å²) >= 11 is 0. The highest BCUT2D eigenvalue weighted by atomic mass is 16.5. The minimum Gasteiger partial charge on any atom is -0.508 e. The molecule has 21 heavy (non-hydrogen) atoms. The molecule has 0 amide bonds. The van der Waals surface area contributed by atoms with Crippen molar-refractivity contribution in [1.29, 1.82) is 0 Å². The Bertz CT molecular complexity index is 854. The first-order valence-corrected chi connectivity index (χ1v) is 6.36. The first-order chi connectivity index (χ1) is 10.1. The van der Waals surface area contributed by atoms with E-state index in [1.54, 1.807) is 18.2 Å². The molecule has 2 aromatic carbocycles. The van der Waals surface area contributed by atoms with Gasteiger partial charge in [-0.3, -0.25) is 0 Å². The van der Waals surface area contributed by atoms with Crippen molar-refractivity contribution in [3.63, 3.8) is 0 Å². The number of benzene rings is 2. The largest absolute Gasteiger partial charge is 0.508 e. The van der Waals surface area contributed by atoms with Crippen LogP contribution in [0, 0.1) is 0 Å². The van der Waals surface area contributed by atoms with Gasteiger partial charge in [0.1, 0.15) is 23.7 Å². The number of nitrogen functional groups attached to an aromatic ring is 1. The predicted octanol–water partition coefficient (Wildman–Crippen LogP) is 2.66. The number of fused-ring (bicyclic) bond motifs is 1. The number of ether oxygens (including phenoxy) is 1. The Morgan fingerprint density at radius 3 is 2.76 bits per heavy atom. The summed E-state index contributed by atoms with van der Waals surface area (Å²) in [4.78, 5) is 11.6. The van der Waals surface area contributed by atoms with E-state index < -0.39 is 5.63 Å². The molecule has 0 spiro atoms. The number of anilines is 1. The van der Waals surface area contributed by atoms with Crippen LogP contribution in [-0.4, -0.2) is 5.11 Å². The third kappa shape index (κ3) is 2.67. The van der Waals surface area contributed by atoms with Gasteiger partial charge in [-0.1, -0.05) is 12.1 Å². The van der Waals surface area contributed by atoms with Crippen molar-refractivity contribution in [2.24, 2.45) is 0 Å². The maximum Gasteiger partial charge on any atom is 0.336 e. The quantitative estimate of drug-likeness (QED) is 0.570. The maximum absolute atomic E-state index is 11.6. The van der Waals surface area contributed by atoms with E-state index >= 15 is 0 Å². The number of phenols is 1. The molecule has 3 N–H and O–H groups in total. The van der Waals surface area contributed by atoms with Gasteiger partial charge in [0.25, 0.3) is 0 Å². The Morgan fingerprint density at radius 2 is 1.95 bits per heavy atom. The van der Waals surface area contributed by atoms with Gasteiger partial charge in [-0.05, 0) is 24.3 Å². The highest BCUT2D eigenvalue weighted by Crippen LogP contribution is 2.25. The molecule has 5 nitrogen and oxygen atoms in total. The minimum atomic E-state index is -0.493. The summed E-state index contributed by atoms with van der Waals surface area (Å²) in [5, 5.41) is 10.2. The first kappa shape index (κ1) is 13.1. The van der Waals surface area contributed by atoms with Gasteiger partial charge >= 0.3 is 5.63 Å². The van der Waals surface area contributed by atoms with Crippen LogP contribution < -0.4 is 16.1 Å². The lowest BCUT2D eigenvalue weighted by Crippen LogP contribution is -2.04. The van der Waals surface area contributed by atoms with Crippen LogP contribution in [0.2, 0.25) is 0 Å². The summed E-state index contributed by atoms with van der Waals surface area (Å²) < 4.78 is 10.7. The van der Waals surface area contributed by atoms with Crippen molar-refractivity contribution in [2.45, 2.75) is 6.61 Å². The molecule has 0 atom stereocenters. The molecule has 1 heterocycles. The summed E-state index contributed by atoms with van der Waals surface area (Å²) in [6.45, 7) is 0.182. The van der Waals surface area contributed by atoms with Crippen molar-refractivity contribution in [3.8, 4) is 11.5 Å². The van der Waals surface area contributed by atoms with E-state index in [1.165, 1.54) is 18.2 Å². The third-order valence-electron chi connectivity index (χ3n) is 3.12. The van der Waals surface area contributed by atoms with E-state index in [-0.39, 0.29) is 12.4 Å². The van der Waals surface area contributed by atoms with Crippen molar-refractivity contribution in [1.82, 2.24) is 0 Å². The molecule has 0 fully saturated rings. The molecule has 0 saturated carbocycles. The van der Waals surface area contributed by atoms with Crippen LogP contribution in [0.15, 0.2) is 57.7 Å². The summed E-state index contributed by atoms with van der Waals surface area (Å²) in [5.41, 5.74) is 6.84. The standard InChI is InChI=1S/C16H13NO4/c17-13-3-1-2-4-14(13)20-9-10-7-16(19)21-15-8-11(18)5-6-12(10)15/h1-8,18H,9,17H2. The molecule has 5 heteroatoms. The second kappa shape index (κ2) is 5.20. The Morgan fingerprint density at radius 1 is 1.14 bits per heavy atom. The van der Waals surface area contributed by atoms with Crippen LogP contribution >= 0.6 is 0 Å². The molecule has 0 radical (unpaired) electrons. The van der Waals surface area contributed by atoms with E-state index in [9.17, 15) is 9.90 Å². The van der Waals surface area contributed by atoms with Crippen LogP contribution in [0.25, 0.3) is 11.0 Å². The predicted molar refractivity (Wildman–Crippen MR) is 79.3 cm³/mol. The molecule has 0 bridgehead atoms. The molecule has 0 saturated heterocycles. The third-order valence-corrected chi connectivity index (χ3v) is 3.12. The molecule has 0 unspecified atom stereocenters. The number of phenolic OH excluding ortho intramolecular Hbond substituents is 1. The lowest BCUT2D eigenvalue weighted by Gasteiger charge is -2.10. The molecule has 0 aliphatic heterocycles. The van der Waals surface area contributed by atoms with Gasteiger partial charge in [-0.25, -0.2) is 4.79 Å². The van der Waals surface area contributed by atoms with Gasteiger partial charge in [-0.2, -0.15) is 0 Å². The molecule has 106 valence electrons. The van der Waals surface area contributed by atoms with E-state index in [0.717, 1.165) is 0 Å². The zero-order chi connectivity index (χ0) is 14.8. The Balaban J connectivity index is 1.97. The summed E-state index contributed by atoms with van der Waals surface area (Å²) in [7, 11) is 0. The highest BCUT2D eigenvalue weighted by Gasteiger charge is 2.08. The van der Waals surface area contributed by atoms with Crippen LogP contribution in [0.5, 0.6) is 11.5 Å². The Kier molecular flexibility index (Phi) is 3.23. The monoisotopic (exact) mass is 283 g/mol. The summed E-state index contributed by atoms with van der Waals surface area (Å²) in [6, 6.07) is 13.1. The van der Waals surface area contributed by atoms with Gasteiger partial charge in [0, 0.05) is 23.1 Å². The van der Waals surface area contributed by atoms with Crippen molar-refractivity contribution in [2.75, 3.05) is 5.73 Å². The number of nitrogens with two attached hydrogens (primary N) is 1. The number of hydrogen-bond acceptors (Lipinski definition) is 5. The molecule has 1 aromatic heterocycles. The second-order valence-electron chi connectivity index (χ2n) is 4.60. The topological polar surface area (TPSA) is 85.7 Å². The molecular formula is C16H13NO4. The Labute approximate surface area is 120 Å².